The number of amides is 1. The molecule has 1 aromatic carbocycles. The lowest BCUT2D eigenvalue weighted by atomic mass is 9.97. The number of likely N-dealkylation sites (N-methyl/N-ethyl adjacent to an activating group) is 1. The average Bonchev–Trinajstić information content (AvgIpc) is 2.60. The highest BCUT2D eigenvalue weighted by Crippen LogP contribution is 2.29. The third-order valence-electron chi connectivity index (χ3n) is 3.70. The Morgan fingerprint density at radius 1 is 1.32 bits per heavy atom. The Balaban J connectivity index is 1.84. The van der Waals surface area contributed by atoms with E-state index in [4.69, 9.17) is 9.47 Å². The second-order valence-corrected chi connectivity index (χ2v) is 5.02. The van der Waals surface area contributed by atoms with Gasteiger partial charge >= 0.3 is 0 Å². The number of ether oxygens (including phenoxy) is 2. The Bertz CT molecular complexity index is 673. The third kappa shape index (κ3) is 2.65. The topological polar surface area (TPSA) is 64.5 Å². The standard InChI is InChI=1S/C16H17N3O3/c1-19(16-17-9-12(21-2)10-18-16)15(20)14-13-6-4-3-5-11(13)7-8-22-14/h3-6,9-10,14H,7-8H2,1-2H3. The van der Waals surface area contributed by atoms with Crippen LogP contribution in [0.15, 0.2) is 36.7 Å². The number of carbonyl (C=O) groups is 1. The van der Waals surface area contributed by atoms with Crippen molar-refractivity contribution in [1.29, 1.82) is 0 Å². The minimum absolute atomic E-state index is 0.183. The molecular formula is C16H17N3O3. The van der Waals surface area contributed by atoms with Crippen LogP contribution < -0.4 is 9.64 Å². The zero-order valence-electron chi connectivity index (χ0n) is 12.5. The summed E-state index contributed by atoms with van der Waals surface area (Å²) in [5.41, 5.74) is 2.07. The van der Waals surface area contributed by atoms with Crippen molar-refractivity contribution in [2.45, 2.75) is 12.5 Å². The first-order valence-electron chi connectivity index (χ1n) is 7.03. The van der Waals surface area contributed by atoms with Gasteiger partial charge in [0.2, 0.25) is 5.95 Å². The Morgan fingerprint density at radius 2 is 2.05 bits per heavy atom. The summed E-state index contributed by atoms with van der Waals surface area (Å²) < 4.78 is 10.7. The number of fused-ring (bicyclic) bond motifs is 1. The average molecular weight is 299 g/mol. The molecule has 0 saturated heterocycles. The zero-order valence-corrected chi connectivity index (χ0v) is 12.5. The van der Waals surface area contributed by atoms with Gasteiger partial charge in [0.05, 0.1) is 26.1 Å². The van der Waals surface area contributed by atoms with Gasteiger partial charge in [0, 0.05) is 7.05 Å². The summed E-state index contributed by atoms with van der Waals surface area (Å²) in [6.45, 7) is 0.532. The molecule has 0 radical (unpaired) electrons. The van der Waals surface area contributed by atoms with Gasteiger partial charge in [-0.3, -0.25) is 9.69 Å². The molecule has 1 aliphatic heterocycles. The van der Waals surface area contributed by atoms with E-state index in [1.165, 1.54) is 17.3 Å². The first-order chi connectivity index (χ1) is 10.7. The van der Waals surface area contributed by atoms with Crippen molar-refractivity contribution in [2.24, 2.45) is 0 Å². The SMILES string of the molecule is COc1cnc(N(C)C(=O)C2OCCc3ccccc32)nc1. The second kappa shape index (κ2) is 6.11. The van der Waals surface area contributed by atoms with Crippen LogP contribution in [-0.2, 0) is 16.0 Å². The maximum absolute atomic E-state index is 12.7. The van der Waals surface area contributed by atoms with Gasteiger partial charge in [-0.15, -0.1) is 0 Å². The number of rotatable bonds is 3. The van der Waals surface area contributed by atoms with Crippen molar-refractivity contribution in [2.75, 3.05) is 25.7 Å². The summed E-state index contributed by atoms with van der Waals surface area (Å²) in [5, 5.41) is 0. The van der Waals surface area contributed by atoms with Gasteiger partial charge in [-0.25, -0.2) is 9.97 Å². The number of anilines is 1. The maximum atomic E-state index is 12.7. The minimum Gasteiger partial charge on any atom is -0.494 e. The van der Waals surface area contributed by atoms with Crippen molar-refractivity contribution in [3.05, 3.63) is 47.8 Å². The molecule has 6 nitrogen and oxygen atoms in total. The maximum Gasteiger partial charge on any atom is 0.262 e. The number of hydrogen-bond acceptors (Lipinski definition) is 5. The van der Waals surface area contributed by atoms with E-state index in [0.717, 1.165) is 17.5 Å². The summed E-state index contributed by atoms with van der Waals surface area (Å²) in [4.78, 5) is 22.4. The van der Waals surface area contributed by atoms with Crippen LogP contribution in [0, 0.1) is 0 Å². The monoisotopic (exact) mass is 299 g/mol. The molecule has 2 heterocycles. The molecule has 1 aliphatic rings. The molecule has 0 bridgehead atoms. The van der Waals surface area contributed by atoms with Crippen LogP contribution in [0.25, 0.3) is 0 Å². The summed E-state index contributed by atoms with van der Waals surface area (Å²) in [6, 6.07) is 7.85. The molecule has 0 saturated carbocycles. The molecule has 22 heavy (non-hydrogen) atoms. The zero-order chi connectivity index (χ0) is 15.5. The summed E-state index contributed by atoms with van der Waals surface area (Å²) in [6.07, 6.45) is 3.27. The molecule has 1 unspecified atom stereocenters. The summed E-state index contributed by atoms with van der Waals surface area (Å²) in [7, 11) is 3.19. The lowest BCUT2D eigenvalue weighted by molar-refractivity contribution is -0.131. The van der Waals surface area contributed by atoms with Gasteiger partial charge in [-0.05, 0) is 17.5 Å². The molecule has 1 atom stereocenters. The number of methoxy groups -OCH3 is 1. The van der Waals surface area contributed by atoms with Gasteiger partial charge in [0.25, 0.3) is 5.91 Å². The molecule has 6 heteroatoms. The van der Waals surface area contributed by atoms with E-state index in [1.54, 1.807) is 14.2 Å². The van der Waals surface area contributed by atoms with Crippen molar-refractivity contribution < 1.29 is 14.3 Å². The van der Waals surface area contributed by atoms with Crippen LogP contribution in [0.2, 0.25) is 0 Å². The van der Waals surface area contributed by atoms with Gasteiger partial charge in [0.1, 0.15) is 0 Å². The van der Waals surface area contributed by atoms with Crippen LogP contribution in [0.3, 0.4) is 0 Å². The van der Waals surface area contributed by atoms with Crippen molar-refractivity contribution in [3.63, 3.8) is 0 Å². The second-order valence-electron chi connectivity index (χ2n) is 5.02. The van der Waals surface area contributed by atoms with E-state index in [2.05, 4.69) is 9.97 Å². The Hall–Kier alpha value is -2.47. The van der Waals surface area contributed by atoms with E-state index in [0.29, 0.717) is 18.3 Å². The third-order valence-corrected chi connectivity index (χ3v) is 3.70. The molecule has 0 fully saturated rings. The van der Waals surface area contributed by atoms with Crippen LogP contribution in [0.4, 0.5) is 5.95 Å². The fraction of sp³-hybridized carbons (Fsp3) is 0.312. The van der Waals surface area contributed by atoms with Gasteiger partial charge in [-0.1, -0.05) is 24.3 Å². The highest BCUT2D eigenvalue weighted by Gasteiger charge is 2.30. The van der Waals surface area contributed by atoms with Crippen molar-refractivity contribution >= 4 is 11.9 Å². The molecule has 3 rings (SSSR count). The molecule has 0 N–H and O–H groups in total. The Kier molecular flexibility index (Phi) is 4.02. The number of aromatic nitrogens is 2. The smallest absolute Gasteiger partial charge is 0.262 e. The minimum atomic E-state index is -0.611. The predicted molar refractivity (Wildman–Crippen MR) is 80.8 cm³/mol. The van der Waals surface area contributed by atoms with Crippen molar-refractivity contribution in [1.82, 2.24) is 9.97 Å². The lowest BCUT2D eigenvalue weighted by Crippen LogP contribution is -2.36. The molecule has 1 amide bonds. The van der Waals surface area contributed by atoms with E-state index >= 15 is 0 Å². The molecule has 114 valence electrons. The van der Waals surface area contributed by atoms with Gasteiger partial charge in [0.15, 0.2) is 11.9 Å². The highest BCUT2D eigenvalue weighted by molar-refractivity contribution is 5.95. The van der Waals surface area contributed by atoms with Gasteiger partial charge < -0.3 is 9.47 Å². The molecule has 1 aromatic heterocycles. The summed E-state index contributed by atoms with van der Waals surface area (Å²) >= 11 is 0. The number of carbonyl (C=O) groups excluding carboxylic acids is 1. The van der Waals surface area contributed by atoms with Crippen LogP contribution in [0.5, 0.6) is 5.75 Å². The first kappa shape index (κ1) is 14.5. The van der Waals surface area contributed by atoms with E-state index in [-0.39, 0.29) is 5.91 Å². The fourth-order valence-electron chi connectivity index (χ4n) is 2.46. The number of benzene rings is 1. The molecule has 0 spiro atoms. The van der Waals surface area contributed by atoms with Crippen LogP contribution in [-0.4, -0.2) is 36.6 Å². The quantitative estimate of drug-likeness (QED) is 0.864. The van der Waals surface area contributed by atoms with Crippen LogP contribution >= 0.6 is 0 Å². The Labute approximate surface area is 128 Å². The van der Waals surface area contributed by atoms with E-state index < -0.39 is 6.10 Å². The number of hydrogen-bond donors (Lipinski definition) is 0. The Morgan fingerprint density at radius 3 is 2.77 bits per heavy atom. The van der Waals surface area contributed by atoms with Crippen molar-refractivity contribution in [3.8, 4) is 5.75 Å². The largest absolute Gasteiger partial charge is 0.494 e. The first-order valence-corrected chi connectivity index (χ1v) is 7.03. The highest BCUT2D eigenvalue weighted by atomic mass is 16.5. The molecular weight excluding hydrogens is 282 g/mol. The fourth-order valence-corrected chi connectivity index (χ4v) is 2.46. The normalized spacial score (nSPS) is 16.7. The molecule has 0 aliphatic carbocycles. The number of nitrogens with zero attached hydrogens (tertiary/aromatic N) is 3. The van der Waals surface area contributed by atoms with E-state index in [1.807, 2.05) is 24.3 Å². The summed E-state index contributed by atoms with van der Waals surface area (Å²) in [5.74, 6) is 0.679. The van der Waals surface area contributed by atoms with Crippen LogP contribution in [0.1, 0.15) is 17.2 Å². The van der Waals surface area contributed by atoms with Gasteiger partial charge in [-0.2, -0.15) is 0 Å². The molecule has 2 aromatic rings. The lowest BCUT2D eigenvalue weighted by Gasteiger charge is -2.28. The van der Waals surface area contributed by atoms with E-state index in [9.17, 15) is 4.79 Å². The predicted octanol–water partition coefficient (Wildman–Crippen LogP) is 1.76.